The molecule has 0 aliphatic rings. The number of methoxy groups -OCH3 is 1. The zero-order valence-electron chi connectivity index (χ0n) is 9.24. The zero-order valence-corrected chi connectivity index (χ0v) is 9.24. The Labute approximate surface area is 97.7 Å². The monoisotopic (exact) mass is 226 g/mol. The van der Waals surface area contributed by atoms with Crippen LogP contribution in [0, 0.1) is 0 Å². The van der Waals surface area contributed by atoms with Crippen molar-refractivity contribution in [1.82, 2.24) is 19.4 Å². The molecule has 0 fully saturated rings. The second kappa shape index (κ2) is 3.86. The van der Waals surface area contributed by atoms with Gasteiger partial charge in [0.05, 0.1) is 30.8 Å². The van der Waals surface area contributed by atoms with Gasteiger partial charge < -0.3 is 4.74 Å². The van der Waals surface area contributed by atoms with E-state index in [1.165, 1.54) is 0 Å². The van der Waals surface area contributed by atoms with Crippen molar-refractivity contribution in [3.8, 4) is 17.1 Å². The van der Waals surface area contributed by atoms with Crippen LogP contribution in [0.15, 0.2) is 43.1 Å². The minimum atomic E-state index is 0.589. The van der Waals surface area contributed by atoms with Crippen molar-refractivity contribution in [3.63, 3.8) is 0 Å². The Morgan fingerprint density at radius 1 is 1.18 bits per heavy atom. The summed E-state index contributed by atoms with van der Waals surface area (Å²) in [7, 11) is 1.61. The fourth-order valence-electron chi connectivity index (χ4n) is 1.79. The molecular formula is C12H10N4O. The Morgan fingerprint density at radius 2 is 2.12 bits per heavy atom. The van der Waals surface area contributed by atoms with Crippen LogP contribution < -0.4 is 4.74 Å². The second-order valence-electron chi connectivity index (χ2n) is 3.51. The predicted molar refractivity (Wildman–Crippen MR) is 62.8 cm³/mol. The third kappa shape index (κ3) is 1.52. The number of fused-ring (bicyclic) bond motifs is 1. The van der Waals surface area contributed by atoms with Gasteiger partial charge in [0.2, 0.25) is 5.88 Å². The van der Waals surface area contributed by atoms with E-state index in [1.807, 2.05) is 22.7 Å². The van der Waals surface area contributed by atoms with Crippen molar-refractivity contribution < 1.29 is 4.74 Å². The van der Waals surface area contributed by atoms with E-state index in [4.69, 9.17) is 4.74 Å². The quantitative estimate of drug-likeness (QED) is 0.668. The van der Waals surface area contributed by atoms with Crippen molar-refractivity contribution in [3.05, 3.63) is 43.1 Å². The number of hydrogen-bond acceptors (Lipinski definition) is 4. The minimum Gasteiger partial charge on any atom is -0.481 e. The summed E-state index contributed by atoms with van der Waals surface area (Å²) in [6, 6.07) is 3.83. The number of hydrogen-bond donors (Lipinski definition) is 0. The molecule has 3 aromatic heterocycles. The highest BCUT2D eigenvalue weighted by atomic mass is 16.5. The van der Waals surface area contributed by atoms with Crippen LogP contribution in [0.2, 0.25) is 0 Å². The number of rotatable bonds is 2. The van der Waals surface area contributed by atoms with Gasteiger partial charge in [-0.25, -0.2) is 9.97 Å². The Morgan fingerprint density at radius 3 is 3.00 bits per heavy atom. The van der Waals surface area contributed by atoms with Crippen LogP contribution >= 0.6 is 0 Å². The predicted octanol–water partition coefficient (Wildman–Crippen LogP) is 1.80. The molecule has 0 aromatic carbocycles. The number of ether oxygens (including phenoxy) is 1. The maximum atomic E-state index is 5.25. The first-order chi connectivity index (χ1) is 8.40. The highest BCUT2D eigenvalue weighted by molar-refractivity contribution is 5.67. The Kier molecular flexibility index (Phi) is 2.22. The van der Waals surface area contributed by atoms with E-state index >= 15 is 0 Å². The first-order valence-electron chi connectivity index (χ1n) is 5.16. The molecule has 0 N–H and O–H groups in total. The molecule has 0 aliphatic carbocycles. The van der Waals surface area contributed by atoms with Crippen LogP contribution in [0.5, 0.6) is 5.88 Å². The van der Waals surface area contributed by atoms with E-state index in [0.29, 0.717) is 5.88 Å². The lowest BCUT2D eigenvalue weighted by atomic mass is 10.2. The van der Waals surface area contributed by atoms with Crippen molar-refractivity contribution in [2.45, 2.75) is 0 Å². The number of pyridine rings is 1. The van der Waals surface area contributed by atoms with Gasteiger partial charge in [0.25, 0.3) is 0 Å². The number of nitrogens with zero attached hydrogens (tertiary/aromatic N) is 4. The molecule has 3 rings (SSSR count). The molecule has 0 aliphatic heterocycles. The lowest BCUT2D eigenvalue weighted by molar-refractivity contribution is 0.399. The summed E-state index contributed by atoms with van der Waals surface area (Å²) in [6.45, 7) is 0. The van der Waals surface area contributed by atoms with Crippen molar-refractivity contribution in [1.29, 1.82) is 0 Å². The number of imidazole rings is 1. The molecule has 0 unspecified atom stereocenters. The van der Waals surface area contributed by atoms with E-state index in [9.17, 15) is 0 Å². The molecule has 0 atom stereocenters. The smallest absolute Gasteiger partial charge is 0.222 e. The van der Waals surface area contributed by atoms with E-state index in [0.717, 1.165) is 16.9 Å². The van der Waals surface area contributed by atoms with Gasteiger partial charge in [-0.1, -0.05) is 0 Å². The molecule has 0 spiro atoms. The van der Waals surface area contributed by atoms with Crippen LogP contribution in [0.1, 0.15) is 0 Å². The summed E-state index contributed by atoms with van der Waals surface area (Å²) in [5.74, 6) is 0.589. The Bertz CT molecular complexity index is 662. The summed E-state index contributed by atoms with van der Waals surface area (Å²) in [4.78, 5) is 12.5. The average Bonchev–Trinajstić information content (AvgIpc) is 2.82. The van der Waals surface area contributed by atoms with E-state index in [2.05, 4.69) is 15.0 Å². The van der Waals surface area contributed by atoms with Crippen LogP contribution in [-0.2, 0) is 0 Å². The normalized spacial score (nSPS) is 10.6. The van der Waals surface area contributed by atoms with Gasteiger partial charge >= 0.3 is 0 Å². The summed E-state index contributed by atoms with van der Waals surface area (Å²) >= 11 is 0. The average molecular weight is 226 g/mol. The Balaban J connectivity index is 2.27. The fraction of sp³-hybridized carbons (Fsp3) is 0.0833. The molecule has 17 heavy (non-hydrogen) atoms. The highest BCUT2D eigenvalue weighted by Gasteiger charge is 2.10. The van der Waals surface area contributed by atoms with Crippen LogP contribution in [0.25, 0.3) is 16.9 Å². The molecule has 0 bridgehead atoms. The Hall–Kier alpha value is -2.43. The molecule has 84 valence electrons. The second-order valence-corrected chi connectivity index (χ2v) is 3.51. The van der Waals surface area contributed by atoms with E-state index in [1.54, 1.807) is 31.9 Å². The topological polar surface area (TPSA) is 52.3 Å². The zero-order chi connectivity index (χ0) is 11.7. The fourth-order valence-corrected chi connectivity index (χ4v) is 1.79. The van der Waals surface area contributed by atoms with Crippen molar-refractivity contribution in [2.75, 3.05) is 7.11 Å². The minimum absolute atomic E-state index is 0.589. The summed E-state index contributed by atoms with van der Waals surface area (Å²) in [5.41, 5.74) is 2.65. The SMILES string of the molecule is COc1ncccc1-c1cnc2cnccn12. The van der Waals surface area contributed by atoms with Crippen molar-refractivity contribution in [2.24, 2.45) is 0 Å². The van der Waals surface area contributed by atoms with Gasteiger partial charge in [-0.05, 0) is 12.1 Å². The molecule has 0 radical (unpaired) electrons. The lowest BCUT2D eigenvalue weighted by Crippen LogP contribution is -1.93. The molecule has 3 aromatic rings. The molecule has 3 heterocycles. The summed E-state index contributed by atoms with van der Waals surface area (Å²) in [6.07, 6.45) is 8.79. The summed E-state index contributed by atoms with van der Waals surface area (Å²) < 4.78 is 7.20. The third-order valence-corrected chi connectivity index (χ3v) is 2.56. The molecule has 0 amide bonds. The molecule has 5 nitrogen and oxygen atoms in total. The van der Waals surface area contributed by atoms with E-state index < -0.39 is 0 Å². The molecule has 0 saturated heterocycles. The first-order valence-corrected chi connectivity index (χ1v) is 5.16. The molecular weight excluding hydrogens is 216 g/mol. The first kappa shape index (κ1) is 9.77. The highest BCUT2D eigenvalue weighted by Crippen LogP contribution is 2.27. The van der Waals surface area contributed by atoms with Gasteiger partial charge in [-0.2, -0.15) is 0 Å². The van der Waals surface area contributed by atoms with Crippen LogP contribution in [0.3, 0.4) is 0 Å². The van der Waals surface area contributed by atoms with Crippen molar-refractivity contribution >= 4 is 5.65 Å². The van der Waals surface area contributed by atoms with Crippen LogP contribution in [-0.4, -0.2) is 26.5 Å². The van der Waals surface area contributed by atoms with Gasteiger partial charge in [-0.15, -0.1) is 0 Å². The summed E-state index contributed by atoms with van der Waals surface area (Å²) in [5, 5.41) is 0. The lowest BCUT2D eigenvalue weighted by Gasteiger charge is -2.06. The maximum Gasteiger partial charge on any atom is 0.222 e. The van der Waals surface area contributed by atoms with Gasteiger partial charge in [-0.3, -0.25) is 9.38 Å². The largest absolute Gasteiger partial charge is 0.481 e. The van der Waals surface area contributed by atoms with Gasteiger partial charge in [0.1, 0.15) is 0 Å². The van der Waals surface area contributed by atoms with E-state index in [-0.39, 0.29) is 0 Å². The van der Waals surface area contributed by atoms with Crippen LogP contribution in [0.4, 0.5) is 0 Å². The molecule has 0 saturated carbocycles. The standard InChI is InChI=1S/C12H10N4O/c1-17-12-9(3-2-4-14-12)10-7-15-11-8-13-5-6-16(10)11/h2-8H,1H3. The van der Waals surface area contributed by atoms with Gasteiger partial charge in [0.15, 0.2) is 5.65 Å². The number of aromatic nitrogens is 4. The van der Waals surface area contributed by atoms with Gasteiger partial charge in [0, 0.05) is 18.6 Å². The third-order valence-electron chi connectivity index (χ3n) is 2.56. The maximum absolute atomic E-state index is 5.25. The molecule has 5 heteroatoms.